The Balaban J connectivity index is 2.08. The van der Waals surface area contributed by atoms with Crippen LogP contribution in [0.15, 0.2) is 12.3 Å². The van der Waals surface area contributed by atoms with Crippen LogP contribution in [0.2, 0.25) is 0 Å². The lowest BCUT2D eigenvalue weighted by Crippen LogP contribution is -2.42. The van der Waals surface area contributed by atoms with Gasteiger partial charge in [-0.3, -0.25) is 14.3 Å². The number of carbonyl (C=O) groups is 2. The Morgan fingerprint density at radius 3 is 2.79 bits per heavy atom. The van der Waals surface area contributed by atoms with Gasteiger partial charge in [0.15, 0.2) is 0 Å². The molecule has 2 rings (SSSR count). The normalized spacial score (nSPS) is 19.7. The third-order valence-electron chi connectivity index (χ3n) is 3.41. The number of nitrogens with zero attached hydrogens (tertiary/aromatic N) is 3. The number of carbonyl (C=O) groups excluding carboxylic acids is 1. The summed E-state index contributed by atoms with van der Waals surface area (Å²) in [6.45, 7) is 4.87. The van der Waals surface area contributed by atoms with Crippen molar-refractivity contribution < 1.29 is 14.7 Å². The van der Waals surface area contributed by atoms with Crippen LogP contribution in [-0.4, -0.2) is 44.8 Å². The molecular weight excluding hydrogens is 246 g/mol. The van der Waals surface area contributed by atoms with Gasteiger partial charge >= 0.3 is 5.97 Å². The Morgan fingerprint density at radius 2 is 2.21 bits per heavy atom. The monoisotopic (exact) mass is 265 g/mol. The van der Waals surface area contributed by atoms with E-state index in [0.29, 0.717) is 18.7 Å². The second-order valence-corrected chi connectivity index (χ2v) is 5.20. The molecule has 0 saturated carbocycles. The quantitative estimate of drug-likeness (QED) is 0.896. The van der Waals surface area contributed by atoms with E-state index >= 15 is 0 Å². The fourth-order valence-corrected chi connectivity index (χ4v) is 2.26. The van der Waals surface area contributed by atoms with Crippen molar-refractivity contribution in [2.45, 2.75) is 32.7 Å². The summed E-state index contributed by atoms with van der Waals surface area (Å²) in [5.74, 6) is -1.46. The molecule has 6 nitrogen and oxygen atoms in total. The molecule has 0 unspecified atom stereocenters. The summed E-state index contributed by atoms with van der Waals surface area (Å²) in [5.41, 5.74) is 0.389. The summed E-state index contributed by atoms with van der Waals surface area (Å²) >= 11 is 0. The van der Waals surface area contributed by atoms with Crippen molar-refractivity contribution in [2.75, 3.05) is 13.1 Å². The molecule has 19 heavy (non-hydrogen) atoms. The van der Waals surface area contributed by atoms with Crippen LogP contribution in [0.25, 0.3) is 0 Å². The SMILES string of the molecule is CC(C)n1ccc(C(=O)N2CCC[C@H](C(=O)O)C2)n1. The topological polar surface area (TPSA) is 75.4 Å². The molecule has 1 N–H and O–H groups in total. The lowest BCUT2D eigenvalue weighted by Gasteiger charge is -2.30. The zero-order valence-corrected chi connectivity index (χ0v) is 11.2. The predicted molar refractivity (Wildman–Crippen MR) is 68.9 cm³/mol. The summed E-state index contributed by atoms with van der Waals surface area (Å²) in [6.07, 6.45) is 3.14. The van der Waals surface area contributed by atoms with E-state index in [1.165, 1.54) is 0 Å². The number of likely N-dealkylation sites (tertiary alicyclic amines) is 1. The summed E-state index contributed by atoms with van der Waals surface area (Å²) in [6, 6.07) is 1.89. The Labute approximate surface area is 112 Å². The van der Waals surface area contributed by atoms with E-state index < -0.39 is 11.9 Å². The predicted octanol–water partition coefficient (Wildman–Crippen LogP) is 1.40. The number of rotatable bonds is 3. The first-order valence-corrected chi connectivity index (χ1v) is 6.56. The Hall–Kier alpha value is -1.85. The van der Waals surface area contributed by atoms with E-state index in [0.717, 1.165) is 6.42 Å². The molecule has 1 aromatic rings. The lowest BCUT2D eigenvalue weighted by atomic mass is 9.98. The van der Waals surface area contributed by atoms with Crippen LogP contribution in [0.5, 0.6) is 0 Å². The number of hydrogen-bond acceptors (Lipinski definition) is 3. The molecule has 1 aliphatic rings. The maximum absolute atomic E-state index is 12.3. The third kappa shape index (κ3) is 2.94. The van der Waals surface area contributed by atoms with Crippen LogP contribution < -0.4 is 0 Å². The number of aliphatic carboxylic acids is 1. The third-order valence-corrected chi connectivity index (χ3v) is 3.41. The summed E-state index contributed by atoms with van der Waals surface area (Å²) < 4.78 is 1.73. The van der Waals surface area contributed by atoms with Crippen molar-refractivity contribution in [1.29, 1.82) is 0 Å². The molecule has 1 amide bonds. The van der Waals surface area contributed by atoms with E-state index in [-0.39, 0.29) is 18.5 Å². The van der Waals surface area contributed by atoms with Crippen LogP contribution in [0.4, 0.5) is 0 Å². The number of amides is 1. The first kappa shape index (κ1) is 13.6. The maximum atomic E-state index is 12.3. The molecule has 1 saturated heterocycles. The fraction of sp³-hybridized carbons (Fsp3) is 0.615. The Bertz CT molecular complexity index is 481. The van der Waals surface area contributed by atoms with Crippen LogP contribution in [0.1, 0.15) is 43.2 Å². The standard InChI is InChI=1S/C13H19N3O3/c1-9(2)16-7-5-11(14-16)12(17)15-6-3-4-10(8-15)13(18)19/h5,7,9-10H,3-4,6,8H2,1-2H3,(H,18,19)/t10-/m0/s1. The van der Waals surface area contributed by atoms with Gasteiger partial charge in [-0.25, -0.2) is 0 Å². The zero-order chi connectivity index (χ0) is 14.0. The van der Waals surface area contributed by atoms with Crippen molar-refractivity contribution >= 4 is 11.9 Å². The first-order chi connectivity index (χ1) is 8.99. The molecule has 0 aliphatic carbocycles. The molecular formula is C13H19N3O3. The zero-order valence-electron chi connectivity index (χ0n) is 11.2. The second kappa shape index (κ2) is 5.42. The summed E-state index contributed by atoms with van der Waals surface area (Å²) in [4.78, 5) is 24.8. The molecule has 1 aromatic heterocycles. The Morgan fingerprint density at radius 1 is 1.47 bits per heavy atom. The van der Waals surface area contributed by atoms with Gasteiger partial charge in [0, 0.05) is 25.3 Å². The van der Waals surface area contributed by atoms with E-state index in [9.17, 15) is 9.59 Å². The first-order valence-electron chi connectivity index (χ1n) is 6.56. The minimum absolute atomic E-state index is 0.176. The van der Waals surface area contributed by atoms with E-state index in [1.54, 1.807) is 21.8 Å². The van der Waals surface area contributed by atoms with Crippen molar-refractivity contribution in [1.82, 2.24) is 14.7 Å². The van der Waals surface area contributed by atoms with Gasteiger partial charge in [0.05, 0.1) is 5.92 Å². The van der Waals surface area contributed by atoms with Gasteiger partial charge in [-0.15, -0.1) is 0 Å². The minimum atomic E-state index is -0.829. The van der Waals surface area contributed by atoms with Crippen molar-refractivity contribution in [2.24, 2.45) is 5.92 Å². The van der Waals surface area contributed by atoms with Crippen LogP contribution in [-0.2, 0) is 4.79 Å². The molecule has 1 atom stereocenters. The van der Waals surface area contributed by atoms with Crippen LogP contribution >= 0.6 is 0 Å². The van der Waals surface area contributed by atoms with Gasteiger partial charge in [-0.2, -0.15) is 5.10 Å². The van der Waals surface area contributed by atoms with Crippen molar-refractivity contribution in [3.63, 3.8) is 0 Å². The highest BCUT2D eigenvalue weighted by molar-refractivity contribution is 5.92. The highest BCUT2D eigenvalue weighted by Gasteiger charge is 2.29. The molecule has 0 aromatic carbocycles. The molecule has 0 radical (unpaired) electrons. The molecule has 0 spiro atoms. The minimum Gasteiger partial charge on any atom is -0.481 e. The molecule has 1 aliphatic heterocycles. The number of carboxylic acids is 1. The van der Waals surface area contributed by atoms with Crippen LogP contribution in [0.3, 0.4) is 0 Å². The van der Waals surface area contributed by atoms with E-state index in [4.69, 9.17) is 5.11 Å². The maximum Gasteiger partial charge on any atom is 0.308 e. The molecule has 2 heterocycles. The van der Waals surface area contributed by atoms with Gasteiger partial charge in [-0.1, -0.05) is 0 Å². The molecule has 104 valence electrons. The fourth-order valence-electron chi connectivity index (χ4n) is 2.26. The lowest BCUT2D eigenvalue weighted by molar-refractivity contribution is -0.143. The average molecular weight is 265 g/mol. The smallest absolute Gasteiger partial charge is 0.308 e. The van der Waals surface area contributed by atoms with Crippen molar-refractivity contribution in [3.8, 4) is 0 Å². The van der Waals surface area contributed by atoms with Gasteiger partial charge < -0.3 is 10.0 Å². The number of carboxylic acid groups (broad SMARTS) is 1. The highest BCUT2D eigenvalue weighted by atomic mass is 16.4. The Kier molecular flexibility index (Phi) is 3.87. The number of hydrogen-bond donors (Lipinski definition) is 1. The summed E-state index contributed by atoms with van der Waals surface area (Å²) in [7, 11) is 0. The van der Waals surface area contributed by atoms with E-state index in [1.807, 2.05) is 13.8 Å². The second-order valence-electron chi connectivity index (χ2n) is 5.20. The summed E-state index contributed by atoms with van der Waals surface area (Å²) in [5, 5.41) is 13.3. The highest BCUT2D eigenvalue weighted by Crippen LogP contribution is 2.18. The van der Waals surface area contributed by atoms with Gasteiger partial charge in [-0.05, 0) is 32.8 Å². The number of piperidine rings is 1. The van der Waals surface area contributed by atoms with Crippen molar-refractivity contribution in [3.05, 3.63) is 18.0 Å². The van der Waals surface area contributed by atoms with Gasteiger partial charge in [0.25, 0.3) is 5.91 Å². The average Bonchev–Trinajstić information content (AvgIpc) is 2.87. The van der Waals surface area contributed by atoms with Gasteiger partial charge in [0.1, 0.15) is 5.69 Å². The van der Waals surface area contributed by atoms with Gasteiger partial charge in [0.2, 0.25) is 0 Å². The molecule has 6 heteroatoms. The molecule has 1 fully saturated rings. The van der Waals surface area contributed by atoms with E-state index in [2.05, 4.69) is 5.10 Å². The number of aromatic nitrogens is 2. The largest absolute Gasteiger partial charge is 0.481 e. The molecule has 0 bridgehead atoms. The van der Waals surface area contributed by atoms with Crippen LogP contribution in [0, 0.1) is 5.92 Å².